The highest BCUT2D eigenvalue weighted by Gasteiger charge is 2.34. The topological polar surface area (TPSA) is 114 Å². The summed E-state index contributed by atoms with van der Waals surface area (Å²) < 4.78 is 10.5. The van der Waals surface area contributed by atoms with Crippen LogP contribution in [0.5, 0.6) is 17.2 Å². The van der Waals surface area contributed by atoms with E-state index in [9.17, 15) is 15.0 Å². The molecule has 7 heteroatoms. The molecule has 0 amide bonds. The first kappa shape index (κ1) is 18.6. The van der Waals surface area contributed by atoms with E-state index in [2.05, 4.69) is 5.43 Å². The first-order valence-electron chi connectivity index (χ1n) is 7.67. The van der Waals surface area contributed by atoms with Gasteiger partial charge in [0.05, 0.1) is 7.11 Å². The molecule has 0 radical (unpaired) electrons. The zero-order valence-electron chi connectivity index (χ0n) is 14.2. The van der Waals surface area contributed by atoms with Crippen LogP contribution in [0.1, 0.15) is 18.1 Å². The molecule has 0 aromatic heterocycles. The summed E-state index contributed by atoms with van der Waals surface area (Å²) in [6, 6.07) is 11.5. The molecule has 0 fully saturated rings. The number of phenolic OH excluding ortho intramolecular Hbond substituents is 2. The zero-order chi connectivity index (χ0) is 18.4. The van der Waals surface area contributed by atoms with Crippen molar-refractivity contribution in [3.8, 4) is 17.2 Å². The third kappa shape index (κ3) is 4.62. The Kier molecular flexibility index (Phi) is 5.84. The molecule has 7 nitrogen and oxygen atoms in total. The van der Waals surface area contributed by atoms with E-state index in [0.717, 1.165) is 5.56 Å². The van der Waals surface area contributed by atoms with Crippen molar-refractivity contribution in [2.75, 3.05) is 7.11 Å². The van der Waals surface area contributed by atoms with Crippen molar-refractivity contribution in [3.05, 3.63) is 53.6 Å². The van der Waals surface area contributed by atoms with Crippen LogP contribution in [-0.4, -0.2) is 28.8 Å². The number of hydrogen-bond donors (Lipinski definition) is 4. The van der Waals surface area contributed by atoms with E-state index in [1.54, 1.807) is 32.2 Å². The third-order valence-corrected chi connectivity index (χ3v) is 3.87. The van der Waals surface area contributed by atoms with Crippen LogP contribution in [0.3, 0.4) is 0 Å². The van der Waals surface area contributed by atoms with Crippen molar-refractivity contribution in [2.24, 2.45) is 5.84 Å². The number of carbonyl (C=O) groups excluding carboxylic acids is 1. The highest BCUT2D eigenvalue weighted by molar-refractivity contribution is 5.80. The van der Waals surface area contributed by atoms with Gasteiger partial charge in [-0.25, -0.2) is 10.2 Å². The fraction of sp³-hybridized carbons (Fsp3) is 0.278. The van der Waals surface area contributed by atoms with Gasteiger partial charge in [-0.15, -0.1) is 0 Å². The minimum absolute atomic E-state index is 0.0775. The van der Waals surface area contributed by atoms with Crippen molar-refractivity contribution in [2.45, 2.75) is 25.5 Å². The van der Waals surface area contributed by atoms with Crippen molar-refractivity contribution in [1.82, 2.24) is 5.43 Å². The van der Waals surface area contributed by atoms with E-state index in [1.807, 2.05) is 12.1 Å². The van der Waals surface area contributed by atoms with E-state index < -0.39 is 11.5 Å². The summed E-state index contributed by atoms with van der Waals surface area (Å²) in [6.45, 7) is 1.68. The molecular formula is C18H22N2O5. The fourth-order valence-corrected chi connectivity index (χ4v) is 2.34. The van der Waals surface area contributed by atoms with Gasteiger partial charge >= 0.3 is 5.97 Å². The van der Waals surface area contributed by atoms with Gasteiger partial charge in [-0.05, 0) is 42.3 Å². The van der Waals surface area contributed by atoms with E-state index in [0.29, 0.717) is 11.3 Å². The van der Waals surface area contributed by atoms with Gasteiger partial charge < -0.3 is 19.7 Å². The SMILES string of the molecule is COc1cccc(COC(=O)[C@](C)(Cc2ccc(O)c(O)c2)NN)c1. The summed E-state index contributed by atoms with van der Waals surface area (Å²) in [4.78, 5) is 12.5. The Morgan fingerprint density at radius 3 is 2.56 bits per heavy atom. The number of methoxy groups -OCH3 is 1. The van der Waals surface area contributed by atoms with Gasteiger partial charge in [0.2, 0.25) is 0 Å². The van der Waals surface area contributed by atoms with Crippen molar-refractivity contribution >= 4 is 5.97 Å². The maximum absolute atomic E-state index is 12.5. The lowest BCUT2D eigenvalue weighted by molar-refractivity contribution is -0.152. The lowest BCUT2D eigenvalue weighted by Gasteiger charge is -2.26. The van der Waals surface area contributed by atoms with E-state index in [-0.39, 0.29) is 24.5 Å². The Hall–Kier alpha value is -2.77. The van der Waals surface area contributed by atoms with Crippen LogP contribution >= 0.6 is 0 Å². The van der Waals surface area contributed by atoms with Crippen LogP contribution in [0.15, 0.2) is 42.5 Å². The molecule has 0 saturated heterocycles. The molecular weight excluding hydrogens is 324 g/mol. The number of nitrogens with two attached hydrogens (primary N) is 1. The number of nitrogens with one attached hydrogen (secondary N) is 1. The minimum Gasteiger partial charge on any atom is -0.504 e. The summed E-state index contributed by atoms with van der Waals surface area (Å²) in [5, 5.41) is 18.9. The van der Waals surface area contributed by atoms with Gasteiger partial charge in [-0.3, -0.25) is 5.84 Å². The molecule has 0 bridgehead atoms. The van der Waals surface area contributed by atoms with Crippen molar-refractivity contribution in [1.29, 1.82) is 0 Å². The van der Waals surface area contributed by atoms with E-state index in [1.165, 1.54) is 12.1 Å². The number of rotatable bonds is 7. The number of esters is 1. The van der Waals surface area contributed by atoms with Gasteiger partial charge in [-0.1, -0.05) is 18.2 Å². The summed E-state index contributed by atoms with van der Waals surface area (Å²) in [6.07, 6.45) is 0.175. The van der Waals surface area contributed by atoms with Crippen LogP contribution < -0.4 is 16.0 Å². The average molecular weight is 346 g/mol. The molecule has 2 aromatic rings. The maximum Gasteiger partial charge on any atom is 0.328 e. The molecule has 0 aliphatic heterocycles. The Morgan fingerprint density at radius 1 is 1.16 bits per heavy atom. The number of benzene rings is 2. The fourth-order valence-electron chi connectivity index (χ4n) is 2.34. The predicted octanol–water partition coefficient (Wildman–Crippen LogP) is 1.61. The van der Waals surface area contributed by atoms with Gasteiger partial charge in [0.1, 0.15) is 17.9 Å². The molecule has 2 rings (SSSR count). The monoisotopic (exact) mass is 346 g/mol. The number of hydrogen-bond acceptors (Lipinski definition) is 7. The molecule has 134 valence electrons. The van der Waals surface area contributed by atoms with Gasteiger partial charge in [0, 0.05) is 6.42 Å². The Labute approximate surface area is 146 Å². The first-order valence-corrected chi connectivity index (χ1v) is 7.67. The second-order valence-electron chi connectivity index (χ2n) is 5.90. The Bertz CT molecular complexity index is 750. The second-order valence-corrected chi connectivity index (χ2v) is 5.90. The standard InChI is InChI=1S/C18H22N2O5/c1-18(20-19,10-12-6-7-15(21)16(22)9-12)17(23)25-11-13-4-3-5-14(8-13)24-2/h3-9,20-22H,10-11,19H2,1-2H3/t18-/m0/s1. The van der Waals surface area contributed by atoms with Crippen LogP contribution in [0.25, 0.3) is 0 Å². The number of hydrazine groups is 1. The minimum atomic E-state index is -1.19. The molecule has 1 atom stereocenters. The van der Waals surface area contributed by atoms with Gasteiger partial charge in [0.25, 0.3) is 0 Å². The highest BCUT2D eigenvalue weighted by atomic mass is 16.5. The summed E-state index contributed by atoms with van der Waals surface area (Å²) in [5.74, 6) is 5.20. The molecule has 0 aliphatic rings. The lowest BCUT2D eigenvalue weighted by atomic mass is 9.93. The lowest BCUT2D eigenvalue weighted by Crippen LogP contribution is -2.55. The molecule has 0 saturated carbocycles. The summed E-state index contributed by atoms with van der Waals surface area (Å²) in [7, 11) is 1.56. The maximum atomic E-state index is 12.5. The molecule has 0 unspecified atom stereocenters. The first-order chi connectivity index (χ1) is 11.9. The van der Waals surface area contributed by atoms with E-state index in [4.69, 9.17) is 15.3 Å². The van der Waals surface area contributed by atoms with Crippen molar-refractivity contribution in [3.63, 3.8) is 0 Å². The van der Waals surface area contributed by atoms with Crippen LogP contribution in [-0.2, 0) is 22.6 Å². The Morgan fingerprint density at radius 2 is 1.92 bits per heavy atom. The number of ether oxygens (including phenoxy) is 2. The van der Waals surface area contributed by atoms with Crippen LogP contribution in [0.2, 0.25) is 0 Å². The summed E-state index contributed by atoms with van der Waals surface area (Å²) in [5.41, 5.74) is 2.69. The third-order valence-electron chi connectivity index (χ3n) is 3.87. The smallest absolute Gasteiger partial charge is 0.328 e. The van der Waals surface area contributed by atoms with E-state index >= 15 is 0 Å². The molecule has 2 aromatic carbocycles. The van der Waals surface area contributed by atoms with Crippen molar-refractivity contribution < 1.29 is 24.5 Å². The van der Waals surface area contributed by atoms with Gasteiger partial charge in [0.15, 0.2) is 11.5 Å². The highest BCUT2D eigenvalue weighted by Crippen LogP contribution is 2.27. The molecule has 25 heavy (non-hydrogen) atoms. The second kappa shape index (κ2) is 7.87. The van der Waals surface area contributed by atoms with Crippen LogP contribution in [0.4, 0.5) is 0 Å². The van der Waals surface area contributed by atoms with Crippen LogP contribution in [0, 0.1) is 0 Å². The zero-order valence-corrected chi connectivity index (χ0v) is 14.2. The summed E-state index contributed by atoms with van der Waals surface area (Å²) >= 11 is 0. The largest absolute Gasteiger partial charge is 0.504 e. The quantitative estimate of drug-likeness (QED) is 0.261. The molecule has 5 N–H and O–H groups in total. The molecule has 0 heterocycles. The Balaban J connectivity index is 2.06. The predicted molar refractivity (Wildman–Crippen MR) is 92.0 cm³/mol. The molecule has 0 aliphatic carbocycles. The normalized spacial score (nSPS) is 13.1. The molecule has 0 spiro atoms. The number of phenols is 2. The van der Waals surface area contributed by atoms with Gasteiger partial charge in [-0.2, -0.15) is 0 Å². The average Bonchev–Trinajstić information content (AvgIpc) is 2.62. The number of carbonyl (C=O) groups is 1. The number of aromatic hydroxyl groups is 2.